The van der Waals surface area contributed by atoms with E-state index in [0.29, 0.717) is 44.9 Å². The average Bonchev–Trinajstić information content (AvgIpc) is 0.754. The molecule has 3 aliphatic rings. The lowest BCUT2D eigenvalue weighted by Gasteiger charge is -2.50. The number of carbonyl (C=O) groups is 4. The summed E-state index contributed by atoms with van der Waals surface area (Å²) in [6, 6.07) is 0. The van der Waals surface area contributed by atoms with Crippen molar-refractivity contribution in [3.8, 4) is 0 Å². The van der Waals surface area contributed by atoms with Crippen molar-refractivity contribution in [1.82, 2.24) is 0 Å². The van der Waals surface area contributed by atoms with Crippen LogP contribution in [-0.4, -0.2) is 205 Å². The van der Waals surface area contributed by atoms with Gasteiger partial charge in [0.1, 0.15) is 92.6 Å². The molecule has 26 heteroatoms. The van der Waals surface area contributed by atoms with Gasteiger partial charge in [0.25, 0.3) is 0 Å². The molecule has 0 aromatic carbocycles. The number of phosphoric ester groups is 1. The van der Waals surface area contributed by atoms with Crippen LogP contribution in [0.4, 0.5) is 0 Å². The third-order valence-corrected chi connectivity index (χ3v) is 22.9. The van der Waals surface area contributed by atoms with Gasteiger partial charge < -0.3 is 88.7 Å². The molecule has 2 aliphatic heterocycles. The van der Waals surface area contributed by atoms with Gasteiger partial charge in [0.2, 0.25) is 0 Å². The molecule has 3 fully saturated rings. The van der Waals surface area contributed by atoms with Gasteiger partial charge in [-0.2, -0.15) is 0 Å². The molecule has 0 radical (unpaired) electrons. The van der Waals surface area contributed by atoms with E-state index in [9.17, 15) is 74.6 Å². The molecule has 25 nitrogen and oxygen atoms in total. The van der Waals surface area contributed by atoms with Crippen LogP contribution < -0.4 is 0 Å². The third kappa shape index (κ3) is 47.5. The van der Waals surface area contributed by atoms with E-state index < -0.39 is 162 Å². The number of hydrogen-bond donors (Lipinski definition) is 10. The zero-order valence-electron chi connectivity index (χ0n) is 70.2. The highest BCUT2D eigenvalue weighted by Gasteiger charge is 2.60. The number of unbranched alkanes of at least 4 members (excludes halogenated alkanes) is 44. The first-order valence-corrected chi connectivity index (χ1v) is 46.6. The van der Waals surface area contributed by atoms with E-state index in [1.165, 1.54) is 161 Å². The summed E-state index contributed by atoms with van der Waals surface area (Å²) in [6.07, 6.45) is 24.9. The topological polar surface area (TPSA) is 380 Å². The van der Waals surface area contributed by atoms with E-state index in [0.717, 1.165) is 116 Å². The molecule has 662 valence electrons. The number of allylic oxidation sites excluding steroid dienone is 4. The van der Waals surface area contributed by atoms with Crippen LogP contribution in [0.2, 0.25) is 0 Å². The van der Waals surface area contributed by atoms with E-state index in [2.05, 4.69) is 52.0 Å². The minimum absolute atomic E-state index is 0.00617. The zero-order chi connectivity index (χ0) is 82.5. The molecule has 18 unspecified atom stereocenters. The summed E-state index contributed by atoms with van der Waals surface area (Å²) in [6.45, 7) is 5.53. The fourth-order valence-corrected chi connectivity index (χ4v) is 15.7. The Morgan fingerprint density at radius 2 is 0.664 bits per heavy atom. The first-order valence-electron chi connectivity index (χ1n) is 45.1. The summed E-state index contributed by atoms with van der Waals surface area (Å²) in [5.41, 5.74) is 0. The van der Waals surface area contributed by atoms with Crippen molar-refractivity contribution in [3.05, 3.63) is 24.3 Å². The number of hydrogen-bond acceptors (Lipinski definition) is 24. The van der Waals surface area contributed by atoms with Gasteiger partial charge in [-0.25, -0.2) is 4.57 Å². The van der Waals surface area contributed by atoms with Crippen molar-refractivity contribution in [3.63, 3.8) is 0 Å². The largest absolute Gasteiger partial charge is 0.472 e. The quantitative estimate of drug-likeness (QED) is 0.00889. The Bertz CT molecular complexity index is 2460. The Hall–Kier alpha value is -3.05. The summed E-state index contributed by atoms with van der Waals surface area (Å²) in [5, 5.41) is 102. The number of rotatable bonds is 72. The Kier molecular flexibility index (Phi) is 61.5. The summed E-state index contributed by atoms with van der Waals surface area (Å²) in [4.78, 5) is 66.2. The van der Waals surface area contributed by atoms with Gasteiger partial charge in [-0.15, -0.1) is 0 Å². The number of aliphatic hydroxyl groups excluding tert-OH is 9. The van der Waals surface area contributed by atoms with Crippen LogP contribution in [-0.2, 0) is 70.7 Å². The molecule has 1 saturated carbocycles. The molecule has 0 bridgehead atoms. The molecule has 0 aromatic heterocycles. The van der Waals surface area contributed by atoms with Crippen LogP contribution in [0, 0.1) is 0 Å². The van der Waals surface area contributed by atoms with Crippen LogP contribution >= 0.6 is 7.82 Å². The highest BCUT2D eigenvalue weighted by atomic mass is 31.2. The predicted molar refractivity (Wildman–Crippen MR) is 435 cm³/mol. The minimum Gasteiger partial charge on any atom is -0.463 e. The molecule has 0 spiro atoms. The number of aliphatic hydroxyl groups is 9. The van der Waals surface area contributed by atoms with Crippen molar-refractivity contribution < 1.29 is 122 Å². The Balaban J connectivity index is 1.94. The van der Waals surface area contributed by atoms with Gasteiger partial charge in [0.15, 0.2) is 24.8 Å². The van der Waals surface area contributed by atoms with Crippen LogP contribution in [0.15, 0.2) is 24.3 Å². The highest BCUT2D eigenvalue weighted by molar-refractivity contribution is 7.47. The van der Waals surface area contributed by atoms with Gasteiger partial charge in [-0.1, -0.05) is 296 Å². The van der Waals surface area contributed by atoms with Gasteiger partial charge in [0.05, 0.1) is 13.2 Å². The lowest BCUT2D eigenvalue weighted by atomic mass is 9.84. The van der Waals surface area contributed by atoms with Gasteiger partial charge in [0, 0.05) is 25.7 Å². The molecule has 18 atom stereocenters. The summed E-state index contributed by atoms with van der Waals surface area (Å²) >= 11 is 0. The third-order valence-electron chi connectivity index (χ3n) is 21.9. The first-order chi connectivity index (χ1) is 54.7. The van der Waals surface area contributed by atoms with Crippen LogP contribution in [0.25, 0.3) is 0 Å². The lowest BCUT2D eigenvalue weighted by molar-refractivity contribution is -0.360. The zero-order valence-corrected chi connectivity index (χ0v) is 71.1. The monoisotopic (exact) mass is 1640 g/mol. The second-order valence-electron chi connectivity index (χ2n) is 32.1. The van der Waals surface area contributed by atoms with Crippen molar-refractivity contribution >= 4 is 31.7 Å². The Morgan fingerprint density at radius 3 is 1.06 bits per heavy atom. The van der Waals surface area contributed by atoms with Crippen molar-refractivity contribution in [2.45, 2.75) is 479 Å². The average molecular weight is 1640 g/mol. The Labute approximate surface area is 679 Å². The molecule has 1 aliphatic carbocycles. The molecule has 10 N–H and O–H groups in total. The van der Waals surface area contributed by atoms with Crippen molar-refractivity contribution in [1.29, 1.82) is 0 Å². The molecule has 2 saturated heterocycles. The van der Waals surface area contributed by atoms with Crippen molar-refractivity contribution in [2.24, 2.45) is 0 Å². The number of carbonyl (C=O) groups excluding carboxylic acids is 4. The van der Waals surface area contributed by atoms with E-state index in [4.69, 9.17) is 46.9 Å². The molecule has 0 amide bonds. The molecular formula is C87H159O25P. The fraction of sp³-hybridized carbons (Fsp3) is 0.908. The second-order valence-corrected chi connectivity index (χ2v) is 33.5. The minimum atomic E-state index is -5.81. The van der Waals surface area contributed by atoms with Crippen LogP contribution in [0.1, 0.15) is 374 Å². The first kappa shape index (κ1) is 104. The summed E-state index contributed by atoms with van der Waals surface area (Å²) in [5.74, 6) is -3.00. The number of ether oxygens (including phenoxy) is 8. The van der Waals surface area contributed by atoms with Gasteiger partial charge in [-0.05, 0) is 77.0 Å². The highest BCUT2D eigenvalue weighted by Crippen LogP contribution is 2.49. The molecular weight excluding hydrogens is 1480 g/mol. The van der Waals surface area contributed by atoms with E-state index in [-0.39, 0.29) is 25.7 Å². The normalized spacial score (nSPS) is 25.6. The summed E-state index contributed by atoms with van der Waals surface area (Å²) < 4.78 is 73.2. The van der Waals surface area contributed by atoms with Gasteiger partial charge >= 0.3 is 31.7 Å². The number of phosphoric acid groups is 1. The fourth-order valence-electron chi connectivity index (χ4n) is 14.7. The van der Waals surface area contributed by atoms with E-state index >= 15 is 0 Å². The smallest absolute Gasteiger partial charge is 0.463 e. The second kappa shape index (κ2) is 66.7. The van der Waals surface area contributed by atoms with Crippen LogP contribution in [0.5, 0.6) is 0 Å². The standard InChI is InChI=1S/C87H159O25P/c1-5-9-13-17-21-25-29-33-34-38-40-43-47-51-55-59-70(89)103-64-67(106-72(91)61-57-53-49-45-41-36-31-27-23-19-15-11-7-3)65-105-113(101,102)112-85-83(110-86-80(99)76(95)74(93)68(63-88)107-86)79(98)78(97)82(109-73(92)62-58-54-50-46-42-37-32-28-24-20-16-12-8-4)84(85)111-87-81(100)77(96)75(94)69(108-87)66-104-71(90)60-56-52-48-44-39-35-30-26-22-18-14-10-6-2/h35-36,39,41,67-69,74-88,93-100H,5-34,37-38,40,42-66H2,1-4H3,(H,101,102)/b39-35-,41-36-. The summed E-state index contributed by atoms with van der Waals surface area (Å²) in [7, 11) is -5.81. The molecule has 3 rings (SSSR count). The molecule has 113 heavy (non-hydrogen) atoms. The maximum absolute atomic E-state index is 14.9. The van der Waals surface area contributed by atoms with Crippen molar-refractivity contribution in [2.75, 3.05) is 26.4 Å². The molecule has 0 aromatic rings. The van der Waals surface area contributed by atoms with E-state index in [1.807, 2.05) is 0 Å². The Morgan fingerprint density at radius 1 is 0.345 bits per heavy atom. The maximum atomic E-state index is 14.9. The molecule has 2 heterocycles. The maximum Gasteiger partial charge on any atom is 0.472 e. The van der Waals surface area contributed by atoms with E-state index in [1.54, 1.807) is 0 Å². The van der Waals surface area contributed by atoms with Crippen LogP contribution in [0.3, 0.4) is 0 Å². The SMILES string of the molecule is CCCCCCCC/C=C\CCCCCC(=O)OCC1OC(OC2C(OC(=O)CCCCCCCCCCCCCCC)C(O)C(O)C(OC3OC(CO)C(O)C(O)C3O)C2OP(=O)(O)OCC(COC(=O)CCCCCCCCCCCCCCCCC)OC(=O)CCCCC/C=C\CCCCCCCC)C(O)C(O)C1O. The number of esters is 4. The lowest BCUT2D eigenvalue weighted by Crippen LogP contribution is -2.70. The van der Waals surface area contributed by atoms with Gasteiger partial charge in [-0.3, -0.25) is 28.2 Å². The predicted octanol–water partition coefficient (Wildman–Crippen LogP) is 15.8.